The van der Waals surface area contributed by atoms with Gasteiger partial charge in [0.1, 0.15) is 12.6 Å². The van der Waals surface area contributed by atoms with Crippen LogP contribution in [-0.2, 0) is 19.0 Å². The predicted molar refractivity (Wildman–Crippen MR) is 65.9 cm³/mol. The summed E-state index contributed by atoms with van der Waals surface area (Å²) in [5.41, 5.74) is 0. The van der Waals surface area contributed by atoms with E-state index >= 15 is 0 Å². The Bertz CT molecular complexity index is 280. The standard InChI is InChI=1S/C10H15NO5.C2H6/c1-3-5-15-10(13)11-7-6-8(12)16-9(7)14-4-2;1-2/h3,7,9H,1,4-6H2,2H3,(H,11,13);1-2H3/t7-,9+;/m0./s1. The minimum atomic E-state index is -0.728. The highest BCUT2D eigenvalue weighted by Crippen LogP contribution is 2.16. The Morgan fingerprint density at radius 2 is 2.28 bits per heavy atom. The van der Waals surface area contributed by atoms with E-state index in [1.165, 1.54) is 6.08 Å². The molecule has 0 aromatic heterocycles. The molecule has 6 heteroatoms. The second kappa shape index (κ2) is 9.47. The Hall–Kier alpha value is -1.56. The summed E-state index contributed by atoms with van der Waals surface area (Å²) in [5.74, 6) is -0.396. The lowest BCUT2D eigenvalue weighted by molar-refractivity contribution is -0.163. The third-order valence-electron chi connectivity index (χ3n) is 1.93. The van der Waals surface area contributed by atoms with Gasteiger partial charge in [0.05, 0.1) is 6.42 Å². The first kappa shape index (κ1) is 16.4. The van der Waals surface area contributed by atoms with Crippen molar-refractivity contribution in [3.05, 3.63) is 12.7 Å². The zero-order valence-corrected chi connectivity index (χ0v) is 11.1. The second-order valence-corrected chi connectivity index (χ2v) is 3.16. The normalized spacial score (nSPS) is 21.4. The van der Waals surface area contributed by atoms with Crippen molar-refractivity contribution in [2.75, 3.05) is 13.2 Å². The number of ether oxygens (including phenoxy) is 3. The van der Waals surface area contributed by atoms with E-state index in [2.05, 4.69) is 11.9 Å². The Balaban J connectivity index is 0.00000137. The number of nitrogens with one attached hydrogen (secondary N) is 1. The van der Waals surface area contributed by atoms with Crippen LogP contribution in [0.4, 0.5) is 4.79 Å². The number of carbonyl (C=O) groups is 2. The third kappa shape index (κ3) is 5.67. The quantitative estimate of drug-likeness (QED) is 0.599. The lowest BCUT2D eigenvalue weighted by Crippen LogP contribution is -2.41. The van der Waals surface area contributed by atoms with Gasteiger partial charge in [0.15, 0.2) is 0 Å². The van der Waals surface area contributed by atoms with Crippen LogP contribution in [0.2, 0.25) is 0 Å². The number of hydrogen-bond donors (Lipinski definition) is 1. The molecule has 0 unspecified atom stereocenters. The average Bonchev–Trinajstić information content (AvgIpc) is 2.70. The van der Waals surface area contributed by atoms with Crippen molar-refractivity contribution in [1.29, 1.82) is 0 Å². The summed E-state index contributed by atoms with van der Waals surface area (Å²) in [7, 11) is 0. The Kier molecular flexibility index (Phi) is 8.65. The average molecular weight is 259 g/mol. The minimum absolute atomic E-state index is 0.0911. The van der Waals surface area contributed by atoms with Gasteiger partial charge in [-0.15, -0.1) is 0 Å². The Morgan fingerprint density at radius 1 is 1.61 bits per heavy atom. The molecule has 2 atom stereocenters. The molecular formula is C12H21NO5. The van der Waals surface area contributed by atoms with Crippen molar-refractivity contribution in [3.63, 3.8) is 0 Å². The molecule has 1 heterocycles. The van der Waals surface area contributed by atoms with Gasteiger partial charge >= 0.3 is 12.1 Å². The van der Waals surface area contributed by atoms with Crippen LogP contribution in [0.3, 0.4) is 0 Å². The number of cyclic esters (lactones) is 1. The van der Waals surface area contributed by atoms with Crippen molar-refractivity contribution in [3.8, 4) is 0 Å². The lowest BCUT2D eigenvalue weighted by Gasteiger charge is -2.17. The first-order valence-electron chi connectivity index (χ1n) is 6.02. The maximum atomic E-state index is 11.2. The van der Waals surface area contributed by atoms with E-state index in [0.717, 1.165) is 0 Å². The molecule has 1 aliphatic rings. The molecule has 18 heavy (non-hydrogen) atoms. The van der Waals surface area contributed by atoms with Crippen LogP contribution in [0.5, 0.6) is 0 Å². The summed E-state index contributed by atoms with van der Waals surface area (Å²) in [6, 6.07) is -0.496. The SMILES string of the molecule is C=CCOC(=O)N[C@H]1CC(=O)O[C@H]1OCC.CC. The fraction of sp³-hybridized carbons (Fsp3) is 0.667. The highest BCUT2D eigenvalue weighted by atomic mass is 16.7. The molecule has 1 saturated heterocycles. The van der Waals surface area contributed by atoms with Gasteiger partial charge in [-0.2, -0.15) is 0 Å². The Morgan fingerprint density at radius 3 is 2.83 bits per heavy atom. The van der Waals surface area contributed by atoms with Gasteiger partial charge in [-0.1, -0.05) is 26.5 Å². The molecule has 0 saturated carbocycles. The van der Waals surface area contributed by atoms with Crippen LogP contribution < -0.4 is 5.32 Å². The van der Waals surface area contributed by atoms with E-state index in [1.807, 2.05) is 13.8 Å². The van der Waals surface area contributed by atoms with Crippen molar-refractivity contribution >= 4 is 12.1 Å². The van der Waals surface area contributed by atoms with Gasteiger partial charge < -0.3 is 19.5 Å². The first-order valence-corrected chi connectivity index (χ1v) is 6.02. The van der Waals surface area contributed by atoms with Crippen LogP contribution in [0.1, 0.15) is 27.2 Å². The lowest BCUT2D eigenvalue weighted by atomic mass is 10.2. The molecular weight excluding hydrogens is 238 g/mol. The van der Waals surface area contributed by atoms with Crippen LogP contribution in [0.15, 0.2) is 12.7 Å². The number of alkyl carbamates (subject to hydrolysis) is 1. The molecule has 0 aromatic carbocycles. The maximum absolute atomic E-state index is 11.2. The monoisotopic (exact) mass is 259 g/mol. The van der Waals surface area contributed by atoms with E-state index in [-0.39, 0.29) is 13.0 Å². The van der Waals surface area contributed by atoms with Crippen LogP contribution >= 0.6 is 0 Å². The highest BCUT2D eigenvalue weighted by Gasteiger charge is 2.36. The number of hydrogen-bond acceptors (Lipinski definition) is 5. The molecule has 0 spiro atoms. The zero-order chi connectivity index (χ0) is 14.0. The van der Waals surface area contributed by atoms with Crippen LogP contribution in [0.25, 0.3) is 0 Å². The number of amides is 1. The maximum Gasteiger partial charge on any atom is 0.407 e. The summed E-state index contributed by atoms with van der Waals surface area (Å²) in [6.07, 6.45) is 0.200. The topological polar surface area (TPSA) is 73.9 Å². The smallest absolute Gasteiger partial charge is 0.407 e. The fourth-order valence-electron chi connectivity index (χ4n) is 1.30. The molecule has 1 fully saturated rings. The number of carbonyl (C=O) groups excluding carboxylic acids is 2. The molecule has 0 bridgehead atoms. The van der Waals surface area contributed by atoms with E-state index < -0.39 is 24.4 Å². The molecule has 0 aromatic rings. The second-order valence-electron chi connectivity index (χ2n) is 3.16. The fourth-order valence-corrected chi connectivity index (χ4v) is 1.30. The largest absolute Gasteiger partial charge is 0.445 e. The molecule has 0 radical (unpaired) electrons. The molecule has 1 amide bonds. The minimum Gasteiger partial charge on any atom is -0.445 e. The first-order chi connectivity index (χ1) is 8.67. The van der Waals surface area contributed by atoms with Crippen LogP contribution in [0, 0.1) is 0 Å². The molecule has 1 aliphatic heterocycles. The molecule has 1 rings (SSSR count). The predicted octanol–water partition coefficient (Wildman–Crippen LogP) is 1.60. The summed E-state index contributed by atoms with van der Waals surface area (Å²) < 4.78 is 14.8. The van der Waals surface area contributed by atoms with E-state index in [1.54, 1.807) is 6.92 Å². The van der Waals surface area contributed by atoms with Crippen molar-refractivity contribution in [2.45, 2.75) is 39.5 Å². The van der Waals surface area contributed by atoms with Crippen LogP contribution in [-0.4, -0.2) is 37.6 Å². The van der Waals surface area contributed by atoms with Gasteiger partial charge in [-0.3, -0.25) is 4.79 Å². The van der Waals surface area contributed by atoms with Gasteiger partial charge in [-0.05, 0) is 6.92 Å². The molecule has 1 N–H and O–H groups in total. The summed E-state index contributed by atoms with van der Waals surface area (Å²) in [4.78, 5) is 22.2. The molecule has 6 nitrogen and oxygen atoms in total. The summed E-state index contributed by atoms with van der Waals surface area (Å²) in [5, 5.41) is 2.50. The van der Waals surface area contributed by atoms with E-state index in [0.29, 0.717) is 6.61 Å². The van der Waals surface area contributed by atoms with Gasteiger partial charge in [0, 0.05) is 6.61 Å². The zero-order valence-electron chi connectivity index (χ0n) is 11.1. The number of rotatable bonds is 5. The Labute approximate surface area is 107 Å². The van der Waals surface area contributed by atoms with Gasteiger partial charge in [-0.25, -0.2) is 4.79 Å². The molecule has 104 valence electrons. The van der Waals surface area contributed by atoms with E-state index in [9.17, 15) is 9.59 Å². The van der Waals surface area contributed by atoms with Gasteiger partial charge in [0.25, 0.3) is 0 Å². The summed E-state index contributed by atoms with van der Waals surface area (Å²) in [6.45, 7) is 9.71. The van der Waals surface area contributed by atoms with E-state index in [4.69, 9.17) is 14.2 Å². The highest BCUT2D eigenvalue weighted by molar-refractivity contribution is 5.75. The number of esters is 1. The third-order valence-corrected chi connectivity index (χ3v) is 1.93. The van der Waals surface area contributed by atoms with Crippen molar-refractivity contribution in [2.24, 2.45) is 0 Å². The summed E-state index contributed by atoms with van der Waals surface area (Å²) >= 11 is 0. The molecule has 0 aliphatic carbocycles. The van der Waals surface area contributed by atoms with Gasteiger partial charge in [0.2, 0.25) is 6.29 Å². The van der Waals surface area contributed by atoms with Crippen molar-refractivity contribution < 1.29 is 23.8 Å². The van der Waals surface area contributed by atoms with Crippen molar-refractivity contribution in [1.82, 2.24) is 5.32 Å².